The van der Waals surface area contributed by atoms with E-state index in [0.29, 0.717) is 36.8 Å². The molecule has 1 saturated carbocycles. The van der Waals surface area contributed by atoms with Gasteiger partial charge in [-0.15, -0.1) is 0 Å². The summed E-state index contributed by atoms with van der Waals surface area (Å²) >= 11 is 0. The van der Waals surface area contributed by atoms with Crippen LogP contribution in [0.25, 0.3) is 0 Å². The smallest absolute Gasteiger partial charge is 0.254 e. The molecule has 1 aliphatic heterocycles. The molecule has 0 bridgehead atoms. The zero-order chi connectivity index (χ0) is 16.2. The third-order valence-electron chi connectivity index (χ3n) is 4.99. The van der Waals surface area contributed by atoms with E-state index in [2.05, 4.69) is 6.07 Å². The average molecular weight is 314 g/mol. The molecule has 0 N–H and O–H groups in total. The molecule has 5 nitrogen and oxygen atoms in total. The second-order valence-corrected chi connectivity index (χ2v) is 6.20. The van der Waals surface area contributed by atoms with E-state index in [9.17, 15) is 4.79 Å². The molecule has 1 amide bonds. The van der Waals surface area contributed by atoms with Gasteiger partial charge >= 0.3 is 0 Å². The van der Waals surface area contributed by atoms with Crippen LogP contribution in [0.3, 0.4) is 0 Å². The Labute approximate surface area is 136 Å². The first-order valence-corrected chi connectivity index (χ1v) is 8.16. The fourth-order valence-electron chi connectivity index (χ4n) is 3.77. The molecule has 1 aromatic rings. The summed E-state index contributed by atoms with van der Waals surface area (Å²) in [7, 11) is 1.75. The number of nitriles is 1. The van der Waals surface area contributed by atoms with Crippen LogP contribution in [0.2, 0.25) is 0 Å². The topological polar surface area (TPSA) is 62.6 Å². The molecule has 1 aliphatic carbocycles. The Morgan fingerprint density at radius 2 is 2.13 bits per heavy atom. The summed E-state index contributed by atoms with van der Waals surface area (Å²) in [6.45, 7) is 1.76. The Balaban J connectivity index is 1.80. The van der Waals surface area contributed by atoms with Crippen molar-refractivity contribution in [2.45, 2.75) is 31.4 Å². The predicted octanol–water partition coefficient (Wildman–Crippen LogP) is 2.21. The van der Waals surface area contributed by atoms with E-state index in [1.165, 1.54) is 0 Å². The molecule has 0 aromatic heterocycles. The Hall–Kier alpha value is -1.90. The van der Waals surface area contributed by atoms with Gasteiger partial charge in [0.15, 0.2) is 0 Å². The molecular formula is C18H22N2O3. The van der Waals surface area contributed by atoms with Gasteiger partial charge in [0.25, 0.3) is 5.91 Å². The molecule has 1 heterocycles. The van der Waals surface area contributed by atoms with E-state index in [0.717, 1.165) is 19.3 Å². The molecule has 2 aliphatic rings. The van der Waals surface area contributed by atoms with E-state index in [1.54, 1.807) is 31.4 Å². The first kappa shape index (κ1) is 16.0. The van der Waals surface area contributed by atoms with Gasteiger partial charge in [0, 0.05) is 25.1 Å². The first-order chi connectivity index (χ1) is 11.2. The maximum Gasteiger partial charge on any atom is 0.254 e. The van der Waals surface area contributed by atoms with Crippen molar-refractivity contribution in [2.75, 3.05) is 26.9 Å². The van der Waals surface area contributed by atoms with E-state index < -0.39 is 0 Å². The Morgan fingerprint density at radius 1 is 1.35 bits per heavy atom. The van der Waals surface area contributed by atoms with Gasteiger partial charge in [0.05, 0.1) is 37.0 Å². The second-order valence-electron chi connectivity index (χ2n) is 6.20. The normalized spacial score (nSPS) is 27.7. The third kappa shape index (κ3) is 3.24. The van der Waals surface area contributed by atoms with Crippen LogP contribution in [0.4, 0.5) is 0 Å². The van der Waals surface area contributed by atoms with E-state index >= 15 is 0 Å². The number of carbonyl (C=O) groups is 1. The van der Waals surface area contributed by atoms with E-state index in [-0.39, 0.29) is 18.1 Å². The summed E-state index contributed by atoms with van der Waals surface area (Å²) in [5, 5.41) is 8.88. The van der Waals surface area contributed by atoms with Crippen LogP contribution < -0.4 is 0 Å². The van der Waals surface area contributed by atoms with Crippen molar-refractivity contribution in [3.63, 3.8) is 0 Å². The largest absolute Gasteiger partial charge is 0.381 e. The molecule has 23 heavy (non-hydrogen) atoms. The summed E-state index contributed by atoms with van der Waals surface area (Å²) in [5.41, 5.74) is 1.19. The lowest BCUT2D eigenvalue weighted by atomic mass is 9.93. The average Bonchev–Trinajstić information content (AvgIpc) is 3.10. The van der Waals surface area contributed by atoms with Crippen LogP contribution in [0.1, 0.15) is 35.2 Å². The standard InChI is InChI=1S/C18H22N2O3/c1-22-17-4-2-3-15(17)16-12-23-10-9-20(16)18(21)14-7-5-13(11-19)6-8-14/h5-8,15-17H,2-4,9-10,12H2,1H3/t15-,16+,17-/m1/s1. The Bertz CT molecular complexity index is 593. The van der Waals surface area contributed by atoms with Gasteiger partial charge in [-0.3, -0.25) is 4.79 Å². The summed E-state index contributed by atoms with van der Waals surface area (Å²) in [6, 6.07) is 8.99. The molecule has 2 fully saturated rings. The van der Waals surface area contributed by atoms with Crippen molar-refractivity contribution < 1.29 is 14.3 Å². The van der Waals surface area contributed by atoms with Crippen molar-refractivity contribution in [2.24, 2.45) is 5.92 Å². The van der Waals surface area contributed by atoms with Gasteiger partial charge < -0.3 is 14.4 Å². The number of hydrogen-bond donors (Lipinski definition) is 0. The highest BCUT2D eigenvalue weighted by molar-refractivity contribution is 5.94. The van der Waals surface area contributed by atoms with E-state index in [1.807, 2.05) is 4.90 Å². The minimum Gasteiger partial charge on any atom is -0.381 e. The van der Waals surface area contributed by atoms with Crippen LogP contribution in [0.15, 0.2) is 24.3 Å². The second kappa shape index (κ2) is 7.12. The highest BCUT2D eigenvalue weighted by Crippen LogP contribution is 2.34. The van der Waals surface area contributed by atoms with Gasteiger partial charge in [0.1, 0.15) is 0 Å². The fourth-order valence-corrected chi connectivity index (χ4v) is 3.77. The van der Waals surface area contributed by atoms with Gasteiger partial charge in [-0.2, -0.15) is 5.26 Å². The molecular weight excluding hydrogens is 292 g/mol. The van der Waals surface area contributed by atoms with Crippen LogP contribution in [0.5, 0.6) is 0 Å². The number of morpholine rings is 1. The molecule has 0 spiro atoms. The number of rotatable bonds is 3. The number of methoxy groups -OCH3 is 1. The lowest BCUT2D eigenvalue weighted by molar-refractivity contribution is -0.0460. The monoisotopic (exact) mass is 314 g/mol. The molecule has 0 unspecified atom stereocenters. The number of nitrogens with zero attached hydrogens (tertiary/aromatic N) is 2. The number of carbonyl (C=O) groups excluding carboxylic acids is 1. The molecule has 1 saturated heterocycles. The molecule has 0 radical (unpaired) electrons. The SMILES string of the molecule is CO[C@@H]1CCC[C@@H]1[C@@H]1COCCN1C(=O)c1ccc(C#N)cc1. The van der Waals surface area contributed by atoms with Crippen molar-refractivity contribution in [1.82, 2.24) is 4.90 Å². The molecule has 1 aromatic carbocycles. The van der Waals surface area contributed by atoms with Crippen LogP contribution in [0, 0.1) is 17.2 Å². The van der Waals surface area contributed by atoms with Gasteiger partial charge in [-0.05, 0) is 37.1 Å². The lowest BCUT2D eigenvalue weighted by Crippen LogP contribution is -2.53. The van der Waals surface area contributed by atoms with Gasteiger partial charge in [-0.1, -0.05) is 6.42 Å². The van der Waals surface area contributed by atoms with Crippen LogP contribution in [-0.2, 0) is 9.47 Å². The van der Waals surface area contributed by atoms with Crippen LogP contribution >= 0.6 is 0 Å². The summed E-state index contributed by atoms with van der Waals surface area (Å²) in [6.07, 6.45) is 3.47. The zero-order valence-corrected chi connectivity index (χ0v) is 13.4. The lowest BCUT2D eigenvalue weighted by Gasteiger charge is -2.40. The maximum atomic E-state index is 12.9. The predicted molar refractivity (Wildman–Crippen MR) is 84.9 cm³/mol. The van der Waals surface area contributed by atoms with Crippen molar-refractivity contribution in [3.8, 4) is 6.07 Å². The van der Waals surface area contributed by atoms with Crippen molar-refractivity contribution >= 4 is 5.91 Å². The van der Waals surface area contributed by atoms with Crippen molar-refractivity contribution in [3.05, 3.63) is 35.4 Å². The first-order valence-electron chi connectivity index (χ1n) is 8.16. The minimum absolute atomic E-state index is 0.0181. The minimum atomic E-state index is 0.0181. The maximum absolute atomic E-state index is 12.9. The highest BCUT2D eigenvalue weighted by Gasteiger charge is 2.40. The molecule has 5 heteroatoms. The molecule has 122 valence electrons. The number of amides is 1. The third-order valence-corrected chi connectivity index (χ3v) is 4.99. The number of hydrogen-bond acceptors (Lipinski definition) is 4. The molecule has 3 rings (SSSR count). The van der Waals surface area contributed by atoms with E-state index in [4.69, 9.17) is 14.7 Å². The Kier molecular flexibility index (Phi) is 4.94. The number of ether oxygens (including phenoxy) is 2. The summed E-state index contributed by atoms with van der Waals surface area (Å²) in [4.78, 5) is 14.8. The fraction of sp³-hybridized carbons (Fsp3) is 0.556. The number of benzene rings is 1. The van der Waals surface area contributed by atoms with Crippen LogP contribution in [-0.4, -0.2) is 49.8 Å². The molecule has 3 atom stereocenters. The summed E-state index contributed by atoms with van der Waals surface area (Å²) < 4.78 is 11.3. The van der Waals surface area contributed by atoms with Gasteiger partial charge in [0.2, 0.25) is 0 Å². The summed E-state index contributed by atoms with van der Waals surface area (Å²) in [5.74, 6) is 0.354. The quantitative estimate of drug-likeness (QED) is 0.858. The zero-order valence-electron chi connectivity index (χ0n) is 13.4. The van der Waals surface area contributed by atoms with Crippen molar-refractivity contribution in [1.29, 1.82) is 5.26 Å². The highest BCUT2D eigenvalue weighted by atomic mass is 16.5. The Morgan fingerprint density at radius 3 is 2.83 bits per heavy atom. The van der Waals surface area contributed by atoms with Gasteiger partial charge in [-0.25, -0.2) is 0 Å².